The fourth-order valence-corrected chi connectivity index (χ4v) is 1.84. The first-order chi connectivity index (χ1) is 9.80. The minimum atomic E-state index is -4.90. The third kappa shape index (κ3) is 3.56. The van der Waals surface area contributed by atoms with Crippen LogP contribution in [0.5, 0.6) is 5.75 Å². The molecule has 0 heterocycles. The van der Waals surface area contributed by atoms with Gasteiger partial charge in [0, 0.05) is 17.2 Å². The maximum Gasteiger partial charge on any atom is 0.573 e. The zero-order valence-electron chi connectivity index (χ0n) is 10.2. The van der Waals surface area contributed by atoms with Crippen LogP contribution in [0.4, 0.5) is 22.0 Å². The molecule has 0 N–H and O–H groups in total. The molecule has 0 aliphatic heterocycles. The van der Waals surface area contributed by atoms with Crippen LogP contribution in [0.1, 0.15) is 10.4 Å². The van der Waals surface area contributed by atoms with Gasteiger partial charge >= 0.3 is 6.36 Å². The van der Waals surface area contributed by atoms with E-state index in [0.29, 0.717) is 6.07 Å². The molecular weight excluding hydrogens is 295 g/mol. The van der Waals surface area contributed by atoms with Gasteiger partial charge in [0.2, 0.25) is 0 Å². The fraction of sp³-hybridized carbons (Fsp3) is 0.0714. The van der Waals surface area contributed by atoms with Gasteiger partial charge in [-0.3, -0.25) is 4.79 Å². The second-order valence-corrected chi connectivity index (χ2v) is 4.05. The van der Waals surface area contributed by atoms with Gasteiger partial charge in [0.25, 0.3) is 0 Å². The Morgan fingerprint density at radius 2 is 1.76 bits per heavy atom. The third-order valence-corrected chi connectivity index (χ3v) is 2.57. The van der Waals surface area contributed by atoms with Crippen molar-refractivity contribution in [3.63, 3.8) is 0 Å². The van der Waals surface area contributed by atoms with E-state index in [4.69, 9.17) is 0 Å². The van der Waals surface area contributed by atoms with Gasteiger partial charge in [-0.2, -0.15) is 0 Å². The van der Waals surface area contributed by atoms with Gasteiger partial charge in [-0.15, -0.1) is 13.2 Å². The summed E-state index contributed by atoms with van der Waals surface area (Å²) in [5, 5.41) is 0. The summed E-state index contributed by atoms with van der Waals surface area (Å²) in [5.74, 6) is -2.58. The molecule has 0 bridgehead atoms. The van der Waals surface area contributed by atoms with Gasteiger partial charge in [0.15, 0.2) is 6.29 Å². The van der Waals surface area contributed by atoms with Crippen molar-refractivity contribution >= 4 is 6.29 Å². The van der Waals surface area contributed by atoms with Crippen LogP contribution in [-0.4, -0.2) is 12.6 Å². The average molecular weight is 302 g/mol. The van der Waals surface area contributed by atoms with Crippen LogP contribution < -0.4 is 4.74 Å². The topological polar surface area (TPSA) is 26.3 Å². The quantitative estimate of drug-likeness (QED) is 0.622. The van der Waals surface area contributed by atoms with E-state index < -0.39 is 23.7 Å². The van der Waals surface area contributed by atoms with Gasteiger partial charge in [-0.25, -0.2) is 8.78 Å². The lowest BCUT2D eigenvalue weighted by atomic mass is 9.99. The van der Waals surface area contributed by atoms with Crippen molar-refractivity contribution in [1.29, 1.82) is 0 Å². The standard InChI is InChI=1S/C14H7F5O2/c15-10-4-9(7-20)13(12(16)6-10)8-2-1-3-11(5-8)21-14(17,18)19/h1-7H. The Hall–Kier alpha value is -2.44. The lowest BCUT2D eigenvalue weighted by molar-refractivity contribution is -0.274. The molecule has 0 atom stereocenters. The Morgan fingerprint density at radius 1 is 1.05 bits per heavy atom. The highest BCUT2D eigenvalue weighted by atomic mass is 19.4. The lowest BCUT2D eigenvalue weighted by Crippen LogP contribution is -2.17. The number of ether oxygens (including phenoxy) is 1. The number of carbonyl (C=O) groups excluding carboxylic acids is 1. The van der Waals surface area contributed by atoms with Crippen LogP contribution in [0.15, 0.2) is 36.4 Å². The van der Waals surface area contributed by atoms with Gasteiger partial charge in [0.1, 0.15) is 17.4 Å². The van der Waals surface area contributed by atoms with Crippen molar-refractivity contribution in [1.82, 2.24) is 0 Å². The molecule has 2 aromatic carbocycles. The molecule has 7 heteroatoms. The molecule has 0 aromatic heterocycles. The first kappa shape index (κ1) is 15.0. The summed E-state index contributed by atoms with van der Waals surface area (Å²) >= 11 is 0. The van der Waals surface area contributed by atoms with Crippen LogP contribution in [0, 0.1) is 11.6 Å². The van der Waals surface area contributed by atoms with E-state index in [1.165, 1.54) is 12.1 Å². The first-order valence-electron chi connectivity index (χ1n) is 5.60. The van der Waals surface area contributed by atoms with Gasteiger partial charge < -0.3 is 4.74 Å². The van der Waals surface area contributed by atoms with Gasteiger partial charge in [0.05, 0.1) is 0 Å². The Balaban J connectivity index is 2.53. The number of aldehydes is 1. The predicted octanol–water partition coefficient (Wildman–Crippen LogP) is 4.34. The Labute approximate surface area is 115 Å². The number of carbonyl (C=O) groups is 1. The second-order valence-electron chi connectivity index (χ2n) is 4.05. The number of alkyl halides is 3. The Kier molecular flexibility index (Phi) is 3.93. The highest BCUT2D eigenvalue weighted by molar-refractivity contribution is 5.88. The summed E-state index contributed by atoms with van der Waals surface area (Å²) in [7, 11) is 0. The Bertz CT molecular complexity index is 680. The largest absolute Gasteiger partial charge is 0.573 e. The van der Waals surface area contributed by atoms with E-state index >= 15 is 0 Å². The molecule has 0 saturated carbocycles. The summed E-state index contributed by atoms with van der Waals surface area (Å²) < 4.78 is 67.0. The summed E-state index contributed by atoms with van der Waals surface area (Å²) in [5.41, 5.74) is -0.632. The molecule has 0 amide bonds. The molecule has 0 spiro atoms. The molecule has 0 radical (unpaired) electrons. The zero-order chi connectivity index (χ0) is 15.6. The summed E-state index contributed by atoms with van der Waals surface area (Å²) in [4.78, 5) is 10.9. The molecule has 2 rings (SSSR count). The van der Waals surface area contributed by atoms with Crippen molar-refractivity contribution in [2.75, 3.05) is 0 Å². The summed E-state index contributed by atoms with van der Waals surface area (Å²) in [6, 6.07) is 5.76. The predicted molar refractivity (Wildman–Crippen MR) is 63.9 cm³/mol. The summed E-state index contributed by atoms with van der Waals surface area (Å²) in [6.07, 6.45) is -4.67. The highest BCUT2D eigenvalue weighted by Gasteiger charge is 2.31. The summed E-state index contributed by atoms with van der Waals surface area (Å²) in [6.45, 7) is 0. The maximum atomic E-state index is 13.8. The number of hydrogen-bond acceptors (Lipinski definition) is 2. The van der Waals surface area contributed by atoms with Crippen LogP contribution in [0.3, 0.4) is 0 Å². The van der Waals surface area contributed by atoms with E-state index in [1.807, 2.05) is 0 Å². The van der Waals surface area contributed by atoms with Crippen molar-refractivity contribution in [3.8, 4) is 16.9 Å². The first-order valence-corrected chi connectivity index (χ1v) is 5.60. The third-order valence-electron chi connectivity index (χ3n) is 2.57. The van der Waals surface area contributed by atoms with E-state index in [2.05, 4.69) is 4.74 Å². The second kappa shape index (κ2) is 5.51. The average Bonchev–Trinajstić information content (AvgIpc) is 2.35. The molecular formula is C14H7F5O2. The van der Waals surface area contributed by atoms with Crippen molar-refractivity contribution in [3.05, 3.63) is 53.6 Å². The van der Waals surface area contributed by atoms with Crippen LogP contribution in [-0.2, 0) is 0 Å². The van der Waals surface area contributed by atoms with Crippen molar-refractivity contribution in [2.45, 2.75) is 6.36 Å². The molecule has 2 aromatic rings. The van der Waals surface area contributed by atoms with Gasteiger partial charge in [-0.1, -0.05) is 12.1 Å². The number of rotatable bonds is 3. The molecule has 0 saturated heterocycles. The van der Waals surface area contributed by atoms with E-state index in [1.54, 1.807) is 0 Å². The number of hydrogen-bond donors (Lipinski definition) is 0. The SMILES string of the molecule is O=Cc1cc(F)cc(F)c1-c1cccc(OC(F)(F)F)c1. The molecule has 110 valence electrons. The maximum absolute atomic E-state index is 13.8. The zero-order valence-corrected chi connectivity index (χ0v) is 10.2. The monoisotopic (exact) mass is 302 g/mol. The number of benzene rings is 2. The highest BCUT2D eigenvalue weighted by Crippen LogP contribution is 2.31. The van der Waals surface area contributed by atoms with Crippen LogP contribution >= 0.6 is 0 Å². The van der Waals surface area contributed by atoms with Crippen molar-refractivity contribution in [2.24, 2.45) is 0 Å². The lowest BCUT2D eigenvalue weighted by Gasteiger charge is -2.11. The normalized spacial score (nSPS) is 11.3. The molecule has 21 heavy (non-hydrogen) atoms. The molecule has 0 unspecified atom stereocenters. The minimum absolute atomic E-state index is 0.0312. The van der Waals surface area contributed by atoms with E-state index in [-0.39, 0.29) is 23.0 Å². The van der Waals surface area contributed by atoms with Crippen molar-refractivity contribution < 1.29 is 31.5 Å². The molecule has 2 nitrogen and oxygen atoms in total. The number of halogens is 5. The fourth-order valence-electron chi connectivity index (χ4n) is 1.84. The van der Waals surface area contributed by atoms with E-state index in [9.17, 15) is 26.7 Å². The van der Waals surface area contributed by atoms with Gasteiger partial charge in [-0.05, 0) is 23.8 Å². The van der Waals surface area contributed by atoms with Crippen LogP contribution in [0.25, 0.3) is 11.1 Å². The molecule has 0 aliphatic rings. The molecule has 0 aliphatic carbocycles. The van der Waals surface area contributed by atoms with Crippen LogP contribution in [0.2, 0.25) is 0 Å². The smallest absolute Gasteiger partial charge is 0.406 e. The Morgan fingerprint density at radius 3 is 2.38 bits per heavy atom. The van der Waals surface area contributed by atoms with E-state index in [0.717, 1.165) is 18.2 Å². The minimum Gasteiger partial charge on any atom is -0.406 e. The molecule has 0 fully saturated rings.